The summed E-state index contributed by atoms with van der Waals surface area (Å²) in [6, 6.07) is 18.3. The van der Waals surface area contributed by atoms with Gasteiger partial charge in [-0.15, -0.1) is 0 Å². The van der Waals surface area contributed by atoms with Gasteiger partial charge in [0.25, 0.3) is 5.91 Å². The first-order chi connectivity index (χ1) is 12.1. The predicted octanol–water partition coefficient (Wildman–Crippen LogP) is 2.87. The third-order valence-corrected chi connectivity index (χ3v) is 4.77. The van der Waals surface area contributed by atoms with Crippen molar-refractivity contribution in [2.24, 2.45) is 11.0 Å². The number of benzene rings is 2. The van der Waals surface area contributed by atoms with Crippen molar-refractivity contribution >= 4 is 17.6 Å². The minimum Gasteiger partial charge on any atom is -0.459 e. The van der Waals surface area contributed by atoms with Gasteiger partial charge >= 0.3 is 5.97 Å². The first-order valence-corrected chi connectivity index (χ1v) is 8.37. The van der Waals surface area contributed by atoms with Crippen molar-refractivity contribution in [3.63, 3.8) is 0 Å². The molecule has 5 heteroatoms. The Hall–Kier alpha value is -2.95. The van der Waals surface area contributed by atoms with E-state index >= 15 is 0 Å². The highest BCUT2D eigenvalue weighted by Gasteiger charge is 2.50. The summed E-state index contributed by atoms with van der Waals surface area (Å²) in [6.45, 7) is 1.79. The van der Waals surface area contributed by atoms with Crippen LogP contribution in [0.4, 0.5) is 0 Å². The molecule has 1 fully saturated rings. The average molecular weight is 334 g/mol. The fourth-order valence-corrected chi connectivity index (χ4v) is 3.45. The zero-order chi connectivity index (χ0) is 17.4. The van der Waals surface area contributed by atoms with Crippen molar-refractivity contribution in [3.05, 3.63) is 71.8 Å². The molecule has 1 saturated heterocycles. The summed E-state index contributed by atoms with van der Waals surface area (Å²) < 4.78 is 5.53. The molecule has 0 bridgehead atoms. The van der Waals surface area contributed by atoms with E-state index in [1.54, 1.807) is 19.1 Å². The van der Waals surface area contributed by atoms with E-state index in [0.29, 0.717) is 12.0 Å². The number of nitrogens with zero attached hydrogens (tertiary/aromatic N) is 2. The predicted molar refractivity (Wildman–Crippen MR) is 93.0 cm³/mol. The third kappa shape index (κ3) is 2.71. The molecule has 0 spiro atoms. The van der Waals surface area contributed by atoms with Crippen molar-refractivity contribution in [3.8, 4) is 0 Å². The Morgan fingerprint density at radius 1 is 1.08 bits per heavy atom. The van der Waals surface area contributed by atoms with Gasteiger partial charge in [0, 0.05) is 12.0 Å². The molecule has 2 aliphatic heterocycles. The lowest BCUT2D eigenvalue weighted by Crippen LogP contribution is -2.49. The maximum Gasteiger partial charge on any atom is 0.311 e. The summed E-state index contributed by atoms with van der Waals surface area (Å²) in [6.07, 6.45) is 0.159. The number of carbonyl (C=O) groups excluding carboxylic acids is 2. The second-order valence-corrected chi connectivity index (χ2v) is 6.39. The van der Waals surface area contributed by atoms with Gasteiger partial charge in [-0.2, -0.15) is 5.10 Å². The first kappa shape index (κ1) is 15.6. The first-order valence-electron chi connectivity index (χ1n) is 8.37. The molecule has 0 radical (unpaired) electrons. The zero-order valence-corrected chi connectivity index (χ0v) is 13.8. The van der Waals surface area contributed by atoms with Crippen LogP contribution in [0.1, 0.15) is 29.3 Å². The third-order valence-electron chi connectivity index (χ3n) is 4.77. The number of carbonyl (C=O) groups is 2. The number of fused-ring (bicyclic) bond motifs is 1. The number of amides is 1. The van der Waals surface area contributed by atoms with Crippen LogP contribution in [0.5, 0.6) is 0 Å². The Bertz CT molecular complexity index is 833. The molecule has 0 unspecified atom stereocenters. The number of hydrazone groups is 1. The van der Waals surface area contributed by atoms with Crippen LogP contribution in [-0.4, -0.2) is 34.7 Å². The average Bonchev–Trinajstić information content (AvgIpc) is 2.96. The molecule has 25 heavy (non-hydrogen) atoms. The molecule has 2 aromatic rings. The standard InChI is InChI=1S/C20H18N2O3/c1-13-18-17(25-20(13)24)12-16(14-8-4-2-5-9-14)21-22(18)19(23)15-10-6-3-7-11-15/h2-11,13,17-18H,12H2,1H3/t13-,17+,18+/m0/s1. The SMILES string of the molecule is C[C@@H]1C(=O)O[C@@H]2CC(c3ccccc3)=NN(C(=O)c3ccccc3)[C@H]12. The molecule has 4 rings (SSSR count). The van der Waals surface area contributed by atoms with E-state index in [-0.39, 0.29) is 24.0 Å². The Labute approximate surface area is 145 Å². The van der Waals surface area contributed by atoms with Gasteiger partial charge in [0.05, 0.1) is 11.6 Å². The quantitative estimate of drug-likeness (QED) is 0.794. The number of ether oxygens (including phenoxy) is 1. The van der Waals surface area contributed by atoms with Crippen molar-refractivity contribution in [1.82, 2.24) is 5.01 Å². The van der Waals surface area contributed by atoms with Crippen LogP contribution in [0, 0.1) is 5.92 Å². The van der Waals surface area contributed by atoms with Crippen LogP contribution in [0.15, 0.2) is 65.8 Å². The number of esters is 1. The molecular weight excluding hydrogens is 316 g/mol. The van der Waals surface area contributed by atoms with Crippen LogP contribution in [0.2, 0.25) is 0 Å². The molecule has 0 saturated carbocycles. The molecule has 2 aromatic carbocycles. The van der Waals surface area contributed by atoms with Crippen molar-refractivity contribution in [1.29, 1.82) is 0 Å². The number of hydrogen-bond acceptors (Lipinski definition) is 4. The van der Waals surface area contributed by atoms with Crippen LogP contribution >= 0.6 is 0 Å². The molecule has 126 valence electrons. The van der Waals surface area contributed by atoms with Gasteiger partial charge in [0.1, 0.15) is 12.1 Å². The normalized spacial score (nSPS) is 25.2. The molecule has 0 aliphatic carbocycles. The summed E-state index contributed by atoms with van der Waals surface area (Å²) in [5.41, 5.74) is 2.24. The van der Waals surface area contributed by atoms with Gasteiger partial charge in [-0.1, -0.05) is 48.5 Å². The second-order valence-electron chi connectivity index (χ2n) is 6.39. The summed E-state index contributed by atoms with van der Waals surface area (Å²) in [7, 11) is 0. The summed E-state index contributed by atoms with van der Waals surface area (Å²) in [5, 5.41) is 6.07. The summed E-state index contributed by atoms with van der Waals surface area (Å²) in [5.74, 6) is -0.877. The van der Waals surface area contributed by atoms with Crippen LogP contribution in [0.3, 0.4) is 0 Å². The molecule has 0 N–H and O–H groups in total. The van der Waals surface area contributed by atoms with E-state index < -0.39 is 5.92 Å². The Morgan fingerprint density at radius 2 is 1.72 bits per heavy atom. The van der Waals surface area contributed by atoms with Gasteiger partial charge < -0.3 is 4.74 Å². The van der Waals surface area contributed by atoms with E-state index in [1.807, 2.05) is 48.5 Å². The highest BCUT2D eigenvalue weighted by Crippen LogP contribution is 2.34. The van der Waals surface area contributed by atoms with Crippen molar-refractivity contribution in [2.75, 3.05) is 0 Å². The van der Waals surface area contributed by atoms with E-state index in [0.717, 1.165) is 11.3 Å². The lowest BCUT2D eigenvalue weighted by atomic mass is 9.92. The highest BCUT2D eigenvalue weighted by atomic mass is 16.6. The zero-order valence-electron chi connectivity index (χ0n) is 13.8. The number of rotatable bonds is 2. The number of hydrogen-bond donors (Lipinski definition) is 0. The Morgan fingerprint density at radius 3 is 2.40 bits per heavy atom. The fraction of sp³-hybridized carbons (Fsp3) is 0.250. The second kappa shape index (κ2) is 6.16. The van der Waals surface area contributed by atoms with E-state index in [2.05, 4.69) is 5.10 Å². The maximum absolute atomic E-state index is 13.0. The van der Waals surface area contributed by atoms with Gasteiger partial charge in [-0.3, -0.25) is 9.59 Å². The smallest absolute Gasteiger partial charge is 0.311 e. The van der Waals surface area contributed by atoms with Crippen molar-refractivity contribution < 1.29 is 14.3 Å². The van der Waals surface area contributed by atoms with Gasteiger partial charge in [0.15, 0.2) is 0 Å². The summed E-state index contributed by atoms with van der Waals surface area (Å²) >= 11 is 0. The lowest BCUT2D eigenvalue weighted by molar-refractivity contribution is -0.143. The Balaban J connectivity index is 1.76. The van der Waals surface area contributed by atoms with E-state index in [4.69, 9.17) is 4.74 Å². The molecule has 1 amide bonds. The lowest BCUT2D eigenvalue weighted by Gasteiger charge is -2.34. The van der Waals surface area contributed by atoms with E-state index in [9.17, 15) is 9.59 Å². The molecule has 2 aliphatic rings. The minimum atomic E-state index is -0.390. The Kier molecular flexibility index (Phi) is 3.84. The summed E-state index contributed by atoms with van der Waals surface area (Å²) in [4.78, 5) is 25.1. The highest BCUT2D eigenvalue weighted by molar-refractivity contribution is 6.04. The van der Waals surface area contributed by atoms with Crippen LogP contribution in [0.25, 0.3) is 0 Å². The molecule has 2 heterocycles. The minimum absolute atomic E-state index is 0.214. The monoisotopic (exact) mass is 334 g/mol. The van der Waals surface area contributed by atoms with Crippen LogP contribution < -0.4 is 0 Å². The van der Waals surface area contributed by atoms with Gasteiger partial charge in [0.2, 0.25) is 0 Å². The van der Waals surface area contributed by atoms with Crippen LogP contribution in [-0.2, 0) is 9.53 Å². The van der Waals surface area contributed by atoms with Gasteiger partial charge in [-0.25, -0.2) is 5.01 Å². The van der Waals surface area contributed by atoms with Gasteiger partial charge in [-0.05, 0) is 24.6 Å². The van der Waals surface area contributed by atoms with Crippen molar-refractivity contribution in [2.45, 2.75) is 25.5 Å². The molecule has 5 nitrogen and oxygen atoms in total. The topological polar surface area (TPSA) is 59.0 Å². The molecule has 0 aromatic heterocycles. The molecular formula is C20H18N2O3. The largest absolute Gasteiger partial charge is 0.459 e. The maximum atomic E-state index is 13.0. The molecule has 3 atom stereocenters. The fourth-order valence-electron chi connectivity index (χ4n) is 3.45. The van der Waals surface area contributed by atoms with E-state index in [1.165, 1.54) is 5.01 Å².